The highest BCUT2D eigenvalue weighted by molar-refractivity contribution is 7.89. The van der Waals surface area contributed by atoms with Gasteiger partial charge < -0.3 is 10.8 Å². The molecule has 0 bridgehead atoms. The molecule has 1 aromatic carbocycles. The van der Waals surface area contributed by atoms with Gasteiger partial charge in [0.1, 0.15) is 4.90 Å². The van der Waals surface area contributed by atoms with E-state index in [-0.39, 0.29) is 39.8 Å². The summed E-state index contributed by atoms with van der Waals surface area (Å²) in [5.74, 6) is 0. The molecule has 8 heteroatoms. The van der Waals surface area contributed by atoms with Gasteiger partial charge in [0.15, 0.2) is 0 Å². The molecular formula is C11H16Cl2N2O3S. The Labute approximate surface area is 123 Å². The number of hydrogen-bond donors (Lipinski definition) is 2. The van der Waals surface area contributed by atoms with Crippen molar-refractivity contribution in [1.82, 2.24) is 4.31 Å². The zero-order valence-corrected chi connectivity index (χ0v) is 12.9. The molecule has 0 fully saturated rings. The molecule has 0 amide bonds. The second-order valence-corrected chi connectivity index (χ2v) is 6.85. The van der Waals surface area contributed by atoms with Crippen LogP contribution < -0.4 is 5.73 Å². The first-order valence-electron chi connectivity index (χ1n) is 5.59. The van der Waals surface area contributed by atoms with Crippen molar-refractivity contribution in [1.29, 1.82) is 0 Å². The number of nitrogens with zero attached hydrogens (tertiary/aromatic N) is 1. The first kappa shape index (κ1) is 16.5. The number of anilines is 1. The molecule has 0 aromatic heterocycles. The van der Waals surface area contributed by atoms with Crippen molar-refractivity contribution >= 4 is 38.9 Å². The molecule has 0 aliphatic carbocycles. The monoisotopic (exact) mass is 326 g/mol. The molecule has 0 atom stereocenters. The summed E-state index contributed by atoms with van der Waals surface area (Å²) >= 11 is 11.7. The minimum absolute atomic E-state index is 0.0150. The molecule has 3 N–H and O–H groups in total. The van der Waals surface area contributed by atoms with Crippen molar-refractivity contribution in [2.45, 2.75) is 24.8 Å². The van der Waals surface area contributed by atoms with Crippen LogP contribution in [-0.4, -0.2) is 37.0 Å². The minimum atomic E-state index is -3.83. The molecule has 0 aliphatic heterocycles. The van der Waals surface area contributed by atoms with Gasteiger partial charge in [-0.3, -0.25) is 0 Å². The van der Waals surface area contributed by atoms with E-state index in [0.29, 0.717) is 0 Å². The molecule has 1 aromatic rings. The summed E-state index contributed by atoms with van der Waals surface area (Å²) in [5.41, 5.74) is 5.66. The van der Waals surface area contributed by atoms with Gasteiger partial charge in [-0.15, -0.1) is 0 Å². The number of halogens is 2. The molecule has 0 saturated carbocycles. The molecule has 108 valence electrons. The van der Waals surface area contributed by atoms with Gasteiger partial charge >= 0.3 is 0 Å². The number of hydrogen-bond acceptors (Lipinski definition) is 4. The molecule has 0 heterocycles. The number of aliphatic hydroxyl groups excluding tert-OH is 1. The van der Waals surface area contributed by atoms with E-state index in [1.54, 1.807) is 13.8 Å². The smallest absolute Gasteiger partial charge is 0.244 e. The molecule has 0 radical (unpaired) electrons. The Morgan fingerprint density at radius 3 is 2.42 bits per heavy atom. The summed E-state index contributed by atoms with van der Waals surface area (Å²) in [7, 11) is -3.83. The second kappa shape index (κ2) is 6.28. The van der Waals surface area contributed by atoms with Gasteiger partial charge in [0.2, 0.25) is 10.0 Å². The normalized spacial score (nSPS) is 12.4. The zero-order chi connectivity index (χ0) is 14.8. The van der Waals surface area contributed by atoms with Crippen LogP contribution in [0.15, 0.2) is 17.0 Å². The van der Waals surface area contributed by atoms with Crippen LogP contribution in [0.4, 0.5) is 5.69 Å². The van der Waals surface area contributed by atoms with E-state index in [1.807, 2.05) is 0 Å². The van der Waals surface area contributed by atoms with E-state index in [0.717, 1.165) is 4.31 Å². The first-order valence-corrected chi connectivity index (χ1v) is 7.79. The second-order valence-electron chi connectivity index (χ2n) is 4.21. The van der Waals surface area contributed by atoms with Crippen LogP contribution in [0.1, 0.15) is 13.8 Å². The van der Waals surface area contributed by atoms with E-state index in [1.165, 1.54) is 12.1 Å². The van der Waals surface area contributed by atoms with E-state index in [9.17, 15) is 8.42 Å². The van der Waals surface area contributed by atoms with Gasteiger partial charge in [0.05, 0.1) is 22.3 Å². The lowest BCUT2D eigenvalue weighted by molar-refractivity contribution is 0.236. The van der Waals surface area contributed by atoms with E-state index in [2.05, 4.69) is 0 Å². The van der Waals surface area contributed by atoms with Gasteiger partial charge in [-0.25, -0.2) is 8.42 Å². The van der Waals surface area contributed by atoms with Crippen LogP contribution in [0.5, 0.6) is 0 Å². The molecule has 0 aliphatic rings. The summed E-state index contributed by atoms with van der Waals surface area (Å²) in [5, 5.41) is 9.07. The average molecular weight is 327 g/mol. The van der Waals surface area contributed by atoms with Crippen LogP contribution in [0.3, 0.4) is 0 Å². The predicted octanol–water partition coefficient (Wildman–Crippen LogP) is 1.97. The van der Waals surface area contributed by atoms with Crippen LogP contribution >= 0.6 is 23.2 Å². The highest BCUT2D eigenvalue weighted by atomic mass is 35.5. The SMILES string of the molecule is CC(C)N(CCO)S(=O)(=O)c1ccc(Cl)c(N)c1Cl. The van der Waals surface area contributed by atoms with Crippen LogP contribution in [0.2, 0.25) is 10.0 Å². The zero-order valence-electron chi connectivity index (χ0n) is 10.6. The number of benzene rings is 1. The topological polar surface area (TPSA) is 83.6 Å². The third kappa shape index (κ3) is 3.32. The standard InChI is InChI=1S/C11H16Cl2N2O3S/c1-7(2)15(5-6-16)19(17,18)9-4-3-8(12)11(14)10(9)13/h3-4,7,16H,5-6,14H2,1-2H3. The fraction of sp³-hybridized carbons (Fsp3) is 0.455. The van der Waals surface area contributed by atoms with Gasteiger partial charge in [-0.2, -0.15) is 4.31 Å². The summed E-state index contributed by atoms with van der Waals surface area (Å²) in [6, 6.07) is 2.38. The Morgan fingerprint density at radius 2 is 1.95 bits per heavy atom. The minimum Gasteiger partial charge on any atom is -0.396 e. The summed E-state index contributed by atoms with van der Waals surface area (Å²) in [6.45, 7) is 3.12. The molecular weight excluding hydrogens is 311 g/mol. The molecule has 5 nitrogen and oxygen atoms in total. The maximum absolute atomic E-state index is 12.5. The van der Waals surface area contributed by atoms with Gasteiger partial charge in [-0.1, -0.05) is 23.2 Å². The quantitative estimate of drug-likeness (QED) is 0.810. The summed E-state index contributed by atoms with van der Waals surface area (Å²) in [6.07, 6.45) is 0. The Morgan fingerprint density at radius 1 is 1.37 bits per heavy atom. The van der Waals surface area contributed by atoms with E-state index in [4.69, 9.17) is 34.0 Å². The maximum atomic E-state index is 12.5. The Bertz CT molecular complexity index is 561. The number of aliphatic hydroxyl groups is 1. The van der Waals surface area contributed by atoms with Crippen molar-refractivity contribution in [3.8, 4) is 0 Å². The lowest BCUT2D eigenvalue weighted by Gasteiger charge is -2.25. The highest BCUT2D eigenvalue weighted by Crippen LogP contribution is 2.34. The Kier molecular flexibility index (Phi) is 5.46. The third-order valence-electron chi connectivity index (χ3n) is 2.57. The molecule has 0 spiro atoms. The van der Waals surface area contributed by atoms with E-state index < -0.39 is 10.0 Å². The fourth-order valence-electron chi connectivity index (χ4n) is 1.63. The Balaban J connectivity index is 3.38. The van der Waals surface area contributed by atoms with E-state index >= 15 is 0 Å². The van der Waals surface area contributed by atoms with Crippen LogP contribution in [-0.2, 0) is 10.0 Å². The van der Waals surface area contributed by atoms with Crippen LogP contribution in [0.25, 0.3) is 0 Å². The molecule has 0 unspecified atom stereocenters. The first-order chi connectivity index (χ1) is 8.73. The lowest BCUT2D eigenvalue weighted by atomic mass is 10.3. The van der Waals surface area contributed by atoms with Crippen molar-refractivity contribution < 1.29 is 13.5 Å². The van der Waals surface area contributed by atoms with Gasteiger partial charge in [0, 0.05) is 12.6 Å². The van der Waals surface area contributed by atoms with Crippen molar-refractivity contribution in [3.05, 3.63) is 22.2 Å². The van der Waals surface area contributed by atoms with Crippen molar-refractivity contribution in [2.24, 2.45) is 0 Å². The van der Waals surface area contributed by atoms with Crippen molar-refractivity contribution in [3.63, 3.8) is 0 Å². The molecule has 19 heavy (non-hydrogen) atoms. The average Bonchev–Trinajstić information content (AvgIpc) is 2.32. The maximum Gasteiger partial charge on any atom is 0.244 e. The van der Waals surface area contributed by atoms with Crippen molar-refractivity contribution in [2.75, 3.05) is 18.9 Å². The number of nitrogens with two attached hydrogens (primary N) is 1. The fourth-order valence-corrected chi connectivity index (χ4v) is 4.00. The third-order valence-corrected chi connectivity index (χ3v) is 5.54. The summed E-state index contributed by atoms with van der Waals surface area (Å²) < 4.78 is 26.1. The highest BCUT2D eigenvalue weighted by Gasteiger charge is 2.29. The summed E-state index contributed by atoms with van der Waals surface area (Å²) in [4.78, 5) is -0.113. The Hall–Kier alpha value is -0.530. The largest absolute Gasteiger partial charge is 0.396 e. The number of rotatable bonds is 5. The number of nitrogen functional groups attached to an aromatic ring is 1. The molecule has 1 rings (SSSR count). The van der Waals surface area contributed by atoms with Gasteiger partial charge in [0.25, 0.3) is 0 Å². The molecule has 0 saturated heterocycles. The lowest BCUT2D eigenvalue weighted by Crippen LogP contribution is -2.39. The van der Waals surface area contributed by atoms with Gasteiger partial charge in [-0.05, 0) is 26.0 Å². The van der Waals surface area contributed by atoms with Crippen LogP contribution in [0, 0.1) is 0 Å². The number of sulfonamides is 1. The predicted molar refractivity (Wildman–Crippen MR) is 77.0 cm³/mol.